The third-order valence-corrected chi connectivity index (χ3v) is 7.64. The van der Waals surface area contributed by atoms with E-state index >= 15 is 0 Å². The Hall–Kier alpha value is -4.32. The van der Waals surface area contributed by atoms with Gasteiger partial charge in [-0.3, -0.25) is 4.79 Å². The van der Waals surface area contributed by atoms with E-state index in [0.717, 1.165) is 65.7 Å². The predicted molar refractivity (Wildman–Crippen MR) is 181 cm³/mol. The average Bonchev–Trinajstić information content (AvgIpc) is 3.39. The van der Waals surface area contributed by atoms with Crippen LogP contribution in [-0.2, 0) is 32.3 Å². The van der Waals surface area contributed by atoms with E-state index in [9.17, 15) is 9.59 Å². The van der Waals surface area contributed by atoms with Crippen molar-refractivity contribution in [1.82, 2.24) is 0 Å². The minimum Gasteiger partial charge on any atom is -0.678 e. The normalized spacial score (nSPS) is 18.2. The molecule has 3 aliphatic heterocycles. The molecule has 1 amide bonds. The number of nitrogens with zero attached hydrogens (tertiary/aromatic N) is 4. The Morgan fingerprint density at radius 3 is 1.84 bits per heavy atom. The Bertz CT molecular complexity index is 1670. The number of aldehydes is 1. The second kappa shape index (κ2) is 16.7. The summed E-state index contributed by atoms with van der Waals surface area (Å²) in [5.74, 6) is -0.145. The van der Waals surface area contributed by atoms with Crippen molar-refractivity contribution >= 4 is 35.3 Å². The van der Waals surface area contributed by atoms with Crippen LogP contribution in [0.1, 0.15) is 55.8 Å². The maximum absolute atomic E-state index is 11.9. The Morgan fingerprint density at radius 1 is 0.689 bits per heavy atom. The number of aryl methyl sites for hydroxylation is 2. The van der Waals surface area contributed by atoms with Crippen LogP contribution in [0.2, 0.25) is 0 Å². The van der Waals surface area contributed by atoms with Crippen molar-refractivity contribution in [2.24, 2.45) is 0 Å². The largest absolute Gasteiger partial charge is 0.678 e. The van der Waals surface area contributed by atoms with Crippen LogP contribution in [0.25, 0.3) is 33.0 Å². The monoisotopic (exact) mass is 644 g/mol. The van der Waals surface area contributed by atoms with Gasteiger partial charge in [0.1, 0.15) is 0 Å². The fourth-order valence-electron chi connectivity index (χ4n) is 5.47. The topological polar surface area (TPSA) is 90.5 Å². The maximum Gasteiger partial charge on any atom is 0.150 e. The van der Waals surface area contributed by atoms with E-state index in [4.69, 9.17) is 10.6 Å². The molecule has 0 N–H and O–H groups in total. The van der Waals surface area contributed by atoms with Gasteiger partial charge in [0.2, 0.25) is 0 Å². The van der Waals surface area contributed by atoms with Gasteiger partial charge in [-0.05, 0) is 24.0 Å². The first-order valence-corrected chi connectivity index (χ1v) is 14.9. The number of fused-ring (bicyclic) bond motifs is 3. The molecule has 3 heterocycles. The summed E-state index contributed by atoms with van der Waals surface area (Å²) in [4.78, 5) is 22.9. The number of benzene rings is 4. The predicted octanol–water partition coefficient (Wildman–Crippen LogP) is 9.72. The molecule has 226 valence electrons. The van der Waals surface area contributed by atoms with Crippen LogP contribution in [0.3, 0.4) is 0 Å². The summed E-state index contributed by atoms with van der Waals surface area (Å²) >= 11 is 0. The van der Waals surface area contributed by atoms with Crippen molar-refractivity contribution in [3.05, 3.63) is 164 Å². The molecule has 0 aromatic heterocycles. The molecule has 7 rings (SSSR count). The van der Waals surface area contributed by atoms with Crippen molar-refractivity contribution in [1.29, 1.82) is 0 Å². The second-order valence-corrected chi connectivity index (χ2v) is 10.8. The van der Waals surface area contributed by atoms with Gasteiger partial charge >= 0.3 is 0 Å². The molecule has 4 aromatic carbocycles. The van der Waals surface area contributed by atoms with E-state index in [-0.39, 0.29) is 37.5 Å². The smallest absolute Gasteiger partial charge is 0.150 e. The van der Waals surface area contributed by atoms with E-state index < -0.39 is 0 Å². The van der Waals surface area contributed by atoms with Gasteiger partial charge in [0.05, 0.1) is 5.91 Å². The van der Waals surface area contributed by atoms with Gasteiger partial charge in [-0.15, -0.1) is 29.2 Å². The minimum absolute atomic E-state index is 0. The molecule has 3 aliphatic rings. The summed E-state index contributed by atoms with van der Waals surface area (Å²) in [6.45, 7) is 0. The summed E-state index contributed by atoms with van der Waals surface area (Å²) < 4.78 is 0. The quantitative estimate of drug-likeness (QED) is 0.163. The molecule has 0 bridgehead atoms. The zero-order chi connectivity index (χ0) is 30.7. The fourth-order valence-corrected chi connectivity index (χ4v) is 5.47. The van der Waals surface area contributed by atoms with Crippen molar-refractivity contribution in [3.8, 4) is 0 Å². The van der Waals surface area contributed by atoms with Crippen molar-refractivity contribution in [2.45, 2.75) is 37.8 Å². The van der Waals surface area contributed by atoms with E-state index in [1.807, 2.05) is 84.9 Å². The van der Waals surface area contributed by atoms with Crippen LogP contribution in [0, 0.1) is 0 Å². The van der Waals surface area contributed by atoms with Gasteiger partial charge in [0, 0.05) is 30.6 Å². The third-order valence-electron chi connectivity index (χ3n) is 7.64. The molecular formula is C38H36N4O2Zn-4. The van der Waals surface area contributed by atoms with Crippen LogP contribution in [0.4, 0.5) is 11.4 Å². The Labute approximate surface area is 279 Å². The molecule has 2 unspecified atom stereocenters. The van der Waals surface area contributed by atoms with E-state index in [0.29, 0.717) is 5.56 Å². The number of rotatable bonds is 4. The van der Waals surface area contributed by atoms with Gasteiger partial charge < -0.3 is 26.1 Å². The number of hydrogen-bond donors (Lipinski definition) is 0. The molecule has 6 nitrogen and oxygen atoms in total. The summed E-state index contributed by atoms with van der Waals surface area (Å²) in [6, 6.07) is 32.0. The van der Waals surface area contributed by atoms with Gasteiger partial charge in [-0.2, -0.15) is 14.1 Å². The molecular weight excluding hydrogens is 610 g/mol. The van der Waals surface area contributed by atoms with Crippen LogP contribution >= 0.6 is 0 Å². The molecule has 4 aromatic rings. The van der Waals surface area contributed by atoms with Crippen LogP contribution in [-0.4, -0.2) is 38.4 Å². The summed E-state index contributed by atoms with van der Waals surface area (Å²) in [5.41, 5.74) is 8.84. The van der Waals surface area contributed by atoms with Gasteiger partial charge in [-0.25, -0.2) is 0 Å². The summed E-state index contributed by atoms with van der Waals surface area (Å²) in [7, 11) is 3.50. The Kier molecular flexibility index (Phi) is 12.4. The zero-order valence-corrected chi connectivity index (χ0v) is 28.8. The number of carbonyl (C=O) groups is 2. The molecule has 0 spiro atoms. The first-order valence-electron chi connectivity index (χ1n) is 14.9. The van der Waals surface area contributed by atoms with Crippen molar-refractivity contribution < 1.29 is 29.1 Å². The number of carbonyl (C=O) groups excluding carboxylic acids is 2. The second-order valence-electron chi connectivity index (χ2n) is 10.8. The fraction of sp³-hybridized carbons (Fsp3) is 0.211. The molecule has 0 radical (unpaired) electrons. The zero-order valence-electron chi connectivity index (χ0n) is 25.8. The average molecular weight is 646 g/mol. The van der Waals surface area contributed by atoms with Gasteiger partial charge in [0.15, 0.2) is 6.29 Å². The molecule has 0 saturated carbocycles. The molecule has 45 heavy (non-hydrogen) atoms. The third kappa shape index (κ3) is 8.66. The van der Waals surface area contributed by atoms with E-state index in [1.165, 1.54) is 11.1 Å². The summed E-state index contributed by atoms with van der Waals surface area (Å²) in [5, 5.41) is 17.2. The molecule has 2 atom stereocenters. The SMILES string of the molecule is C[N-]C.O=C1[N-]C(=CC2CCc3ccccc3[N-]2)c2ccccc21.O=Cc1ccccc1/C=C/C1CCc2ccccc2[N-]1.[Zn]. The molecule has 0 saturated heterocycles. The van der Waals surface area contributed by atoms with E-state index in [1.54, 1.807) is 14.1 Å². The van der Waals surface area contributed by atoms with Gasteiger partial charge in [-0.1, -0.05) is 139 Å². The van der Waals surface area contributed by atoms with E-state index in [2.05, 4.69) is 41.0 Å². The summed E-state index contributed by atoms with van der Waals surface area (Å²) in [6.07, 6.45) is 11.1. The molecule has 0 fully saturated rings. The standard InChI is InChI=1S/C18H15N2O.C18H16NO.C2H6N.Zn/c21-18-15-7-3-2-6-14(15)17(20-18)11-13-10-9-12-5-1-4-8-16(12)19-13;20-13-16-7-2-1-5-14(16)9-11-17-12-10-15-6-3-4-8-18(15)19-17;1-3-2;/h1-8,11,13H,9-10H2,(H,20,21);1-9,11,13,17H,10,12H2;1-2H3;/q3*-1;/p-1/b;11-9+;;. The first-order chi connectivity index (χ1) is 21.6. The van der Waals surface area contributed by atoms with Crippen LogP contribution in [0.5, 0.6) is 0 Å². The van der Waals surface area contributed by atoms with Crippen molar-refractivity contribution in [3.63, 3.8) is 0 Å². The number of hydrogen-bond acceptors (Lipinski definition) is 2. The Morgan fingerprint density at radius 2 is 1.20 bits per heavy atom. The number of para-hydroxylation sites is 2. The maximum atomic E-state index is 11.9. The van der Waals surface area contributed by atoms with Crippen molar-refractivity contribution in [2.75, 3.05) is 14.1 Å². The number of amides is 1. The minimum atomic E-state index is -0.145. The van der Waals surface area contributed by atoms with Crippen LogP contribution < -0.4 is 0 Å². The Balaban J connectivity index is 0.000000185. The van der Waals surface area contributed by atoms with Gasteiger partial charge in [0.25, 0.3) is 0 Å². The molecule has 0 aliphatic carbocycles. The van der Waals surface area contributed by atoms with Crippen LogP contribution in [0.15, 0.2) is 109 Å². The molecule has 7 heteroatoms. The first kappa shape index (κ1) is 33.6.